The van der Waals surface area contributed by atoms with Crippen LogP contribution in [-0.4, -0.2) is 37.8 Å². The third-order valence-electron chi connectivity index (χ3n) is 5.84. The van der Waals surface area contributed by atoms with Crippen molar-refractivity contribution in [1.82, 2.24) is 5.32 Å². The first-order valence-electron chi connectivity index (χ1n) is 9.44. The van der Waals surface area contributed by atoms with E-state index >= 15 is 0 Å². The van der Waals surface area contributed by atoms with Gasteiger partial charge in [0.25, 0.3) is 0 Å². The molecule has 1 aromatic carbocycles. The second-order valence-corrected chi connectivity index (χ2v) is 7.85. The molecular formula is C21H30N2O2. The number of aliphatic carboxylic acids is 1. The van der Waals surface area contributed by atoms with E-state index in [1.807, 2.05) is 0 Å². The van der Waals surface area contributed by atoms with Crippen LogP contribution < -0.4 is 10.2 Å². The number of unbranched alkanes of at least 4 members (excludes halogenated alkanes) is 1. The number of carboxylic acid groups (broad SMARTS) is 1. The second kappa shape index (κ2) is 7.20. The van der Waals surface area contributed by atoms with Gasteiger partial charge in [-0.05, 0) is 48.4 Å². The molecule has 2 aliphatic rings. The molecule has 0 unspecified atom stereocenters. The summed E-state index contributed by atoms with van der Waals surface area (Å²) in [7, 11) is 2.16. The van der Waals surface area contributed by atoms with Crippen LogP contribution in [0.5, 0.6) is 0 Å². The second-order valence-electron chi connectivity index (χ2n) is 7.85. The number of rotatable bonds is 7. The minimum atomic E-state index is -0.668. The molecule has 3 rings (SSSR count). The van der Waals surface area contributed by atoms with Crippen molar-refractivity contribution in [2.45, 2.75) is 39.5 Å². The number of carboxylic acids is 1. The van der Waals surface area contributed by atoms with Crippen molar-refractivity contribution >= 4 is 17.7 Å². The van der Waals surface area contributed by atoms with E-state index < -0.39 is 11.4 Å². The molecule has 25 heavy (non-hydrogen) atoms. The summed E-state index contributed by atoms with van der Waals surface area (Å²) in [4.78, 5) is 14.0. The smallest absolute Gasteiger partial charge is 0.312 e. The summed E-state index contributed by atoms with van der Waals surface area (Å²) >= 11 is 0. The fraction of sp³-hybridized carbons (Fsp3) is 0.571. The molecule has 0 aromatic heterocycles. The van der Waals surface area contributed by atoms with Gasteiger partial charge in [-0.3, -0.25) is 4.79 Å². The minimum Gasteiger partial charge on any atom is -0.481 e. The number of nitrogens with one attached hydrogen (secondary N) is 1. The Kier molecular flexibility index (Phi) is 5.19. The van der Waals surface area contributed by atoms with Crippen molar-refractivity contribution in [3.8, 4) is 0 Å². The van der Waals surface area contributed by atoms with Gasteiger partial charge in [-0.2, -0.15) is 0 Å². The first-order valence-corrected chi connectivity index (χ1v) is 9.44. The molecule has 1 atom stereocenters. The number of allylic oxidation sites excluding steroid dienone is 1. The molecule has 2 N–H and O–H groups in total. The quantitative estimate of drug-likeness (QED) is 0.795. The number of benzene rings is 1. The van der Waals surface area contributed by atoms with Crippen molar-refractivity contribution in [3.63, 3.8) is 0 Å². The average Bonchev–Trinajstić information content (AvgIpc) is 2.55. The van der Waals surface area contributed by atoms with Crippen LogP contribution in [0.15, 0.2) is 23.8 Å². The zero-order valence-corrected chi connectivity index (χ0v) is 15.6. The van der Waals surface area contributed by atoms with Crippen LogP contribution in [0.2, 0.25) is 0 Å². The summed E-state index contributed by atoms with van der Waals surface area (Å²) in [6, 6.07) is 6.70. The monoisotopic (exact) mass is 342 g/mol. The predicted octanol–water partition coefficient (Wildman–Crippen LogP) is 3.56. The fourth-order valence-corrected chi connectivity index (χ4v) is 3.87. The molecule has 0 bridgehead atoms. The maximum Gasteiger partial charge on any atom is 0.312 e. The highest BCUT2D eigenvalue weighted by Crippen LogP contribution is 2.39. The molecule has 1 aliphatic carbocycles. The molecule has 0 radical (unpaired) electrons. The zero-order chi connectivity index (χ0) is 18.0. The van der Waals surface area contributed by atoms with E-state index in [4.69, 9.17) is 0 Å². The molecule has 1 heterocycles. The number of carbonyl (C=O) groups is 1. The highest BCUT2D eigenvalue weighted by atomic mass is 16.4. The summed E-state index contributed by atoms with van der Waals surface area (Å²) in [5, 5.41) is 12.7. The van der Waals surface area contributed by atoms with Gasteiger partial charge < -0.3 is 15.3 Å². The first-order chi connectivity index (χ1) is 11.9. The molecule has 1 saturated heterocycles. The molecule has 4 heteroatoms. The molecule has 136 valence electrons. The SMILES string of the molecule is CCCCN(C)c1ccc2c(c1)C[C@H](C)C(CC1(C(=O)O)CNC1)=C2. The molecule has 4 nitrogen and oxygen atoms in total. The van der Waals surface area contributed by atoms with E-state index in [9.17, 15) is 9.90 Å². The van der Waals surface area contributed by atoms with Crippen molar-refractivity contribution in [2.75, 3.05) is 31.6 Å². The molecule has 1 aliphatic heterocycles. The van der Waals surface area contributed by atoms with E-state index in [0.29, 0.717) is 25.4 Å². The third kappa shape index (κ3) is 3.59. The Hall–Kier alpha value is -1.81. The van der Waals surface area contributed by atoms with Gasteiger partial charge in [-0.25, -0.2) is 0 Å². The van der Waals surface area contributed by atoms with Gasteiger partial charge in [-0.1, -0.05) is 38.0 Å². The summed E-state index contributed by atoms with van der Waals surface area (Å²) in [5.41, 5.74) is 4.60. The van der Waals surface area contributed by atoms with Crippen molar-refractivity contribution < 1.29 is 9.90 Å². The normalized spacial score (nSPS) is 21.1. The van der Waals surface area contributed by atoms with Crippen LogP contribution in [0, 0.1) is 11.3 Å². The lowest BCUT2D eigenvalue weighted by molar-refractivity contribution is -0.152. The summed E-state index contributed by atoms with van der Waals surface area (Å²) in [6.07, 6.45) is 6.31. The lowest BCUT2D eigenvalue weighted by Crippen LogP contribution is -2.58. The van der Waals surface area contributed by atoms with E-state index in [1.165, 1.54) is 35.2 Å². The zero-order valence-electron chi connectivity index (χ0n) is 15.6. The van der Waals surface area contributed by atoms with Crippen molar-refractivity contribution in [1.29, 1.82) is 0 Å². The number of nitrogens with zero attached hydrogens (tertiary/aromatic N) is 1. The summed E-state index contributed by atoms with van der Waals surface area (Å²) in [5.74, 6) is -0.265. The van der Waals surface area contributed by atoms with Crippen LogP contribution >= 0.6 is 0 Å². The van der Waals surface area contributed by atoms with Crippen molar-refractivity contribution in [3.05, 3.63) is 34.9 Å². The Morgan fingerprint density at radius 2 is 2.16 bits per heavy atom. The number of fused-ring (bicyclic) bond motifs is 1. The van der Waals surface area contributed by atoms with Gasteiger partial charge in [0, 0.05) is 32.4 Å². The number of anilines is 1. The Morgan fingerprint density at radius 1 is 1.40 bits per heavy atom. The Bertz CT molecular complexity index is 676. The average molecular weight is 342 g/mol. The van der Waals surface area contributed by atoms with Crippen LogP contribution in [-0.2, 0) is 11.2 Å². The standard InChI is InChI=1S/C21H30N2O2/c1-4-5-8-23(3)19-7-6-16-10-18(15(2)9-17(16)11-19)12-21(20(24)25)13-22-14-21/h6-7,10-11,15,22H,4-5,8-9,12-14H2,1-3H3,(H,24,25)/t15-/m0/s1. The van der Waals surface area contributed by atoms with Gasteiger partial charge in [-0.15, -0.1) is 0 Å². The molecule has 0 amide bonds. The van der Waals surface area contributed by atoms with Gasteiger partial charge in [0.2, 0.25) is 0 Å². The maximum absolute atomic E-state index is 11.7. The van der Waals surface area contributed by atoms with E-state index in [1.54, 1.807) is 0 Å². The Balaban J connectivity index is 1.80. The third-order valence-corrected chi connectivity index (χ3v) is 5.84. The lowest BCUT2D eigenvalue weighted by atomic mass is 9.71. The highest BCUT2D eigenvalue weighted by molar-refractivity contribution is 5.78. The van der Waals surface area contributed by atoms with Gasteiger partial charge in [0.05, 0.1) is 5.41 Å². The molecule has 0 spiro atoms. The largest absolute Gasteiger partial charge is 0.481 e. The number of hydrogen-bond donors (Lipinski definition) is 2. The van der Waals surface area contributed by atoms with E-state index in [-0.39, 0.29) is 0 Å². The maximum atomic E-state index is 11.7. The van der Waals surface area contributed by atoms with E-state index in [0.717, 1.165) is 13.0 Å². The van der Waals surface area contributed by atoms with Crippen LogP contribution in [0.3, 0.4) is 0 Å². The van der Waals surface area contributed by atoms with Crippen molar-refractivity contribution in [2.24, 2.45) is 11.3 Å². The van der Waals surface area contributed by atoms with Crippen LogP contribution in [0.4, 0.5) is 5.69 Å². The highest BCUT2D eigenvalue weighted by Gasteiger charge is 2.45. The van der Waals surface area contributed by atoms with Crippen LogP contribution in [0.25, 0.3) is 6.08 Å². The Morgan fingerprint density at radius 3 is 2.76 bits per heavy atom. The van der Waals surface area contributed by atoms with Gasteiger partial charge >= 0.3 is 5.97 Å². The molecule has 1 fully saturated rings. The summed E-state index contributed by atoms with van der Waals surface area (Å²) < 4.78 is 0. The number of hydrogen-bond acceptors (Lipinski definition) is 3. The van der Waals surface area contributed by atoms with Gasteiger partial charge in [0.1, 0.15) is 0 Å². The van der Waals surface area contributed by atoms with E-state index in [2.05, 4.69) is 55.4 Å². The van der Waals surface area contributed by atoms with Crippen LogP contribution in [0.1, 0.15) is 44.2 Å². The first kappa shape index (κ1) is 18.0. The lowest BCUT2D eigenvalue weighted by Gasteiger charge is -2.41. The Labute approximate surface area is 150 Å². The molecule has 1 aromatic rings. The molecule has 0 saturated carbocycles. The molecular weight excluding hydrogens is 312 g/mol. The fourth-order valence-electron chi connectivity index (χ4n) is 3.87. The van der Waals surface area contributed by atoms with Gasteiger partial charge in [0.15, 0.2) is 0 Å². The topological polar surface area (TPSA) is 52.6 Å². The minimum absolute atomic E-state index is 0.403. The summed E-state index contributed by atoms with van der Waals surface area (Å²) in [6.45, 7) is 6.70. The predicted molar refractivity (Wildman–Crippen MR) is 103 cm³/mol.